The molecule has 2 nitrogen and oxygen atoms in total. The molecule has 0 bridgehead atoms. The van der Waals surface area contributed by atoms with E-state index in [1.165, 1.54) is 0 Å². The maximum Gasteiger partial charge on any atom is 0.160 e. The van der Waals surface area contributed by atoms with Gasteiger partial charge in [0.05, 0.1) is 10.0 Å². The first-order chi connectivity index (χ1) is 6.67. The van der Waals surface area contributed by atoms with Gasteiger partial charge >= 0.3 is 0 Å². The van der Waals surface area contributed by atoms with Crippen LogP contribution < -0.4 is 0 Å². The molecule has 0 aromatic carbocycles. The van der Waals surface area contributed by atoms with Crippen molar-refractivity contribution in [3.63, 3.8) is 0 Å². The van der Waals surface area contributed by atoms with Gasteiger partial charge in [-0.1, -0.05) is 25.4 Å². The first-order valence-corrected chi connectivity index (χ1v) is 5.66. The number of nitriles is 1. The summed E-state index contributed by atoms with van der Waals surface area (Å²) in [6, 6.07) is 5.54. The van der Waals surface area contributed by atoms with Gasteiger partial charge in [-0.25, -0.2) is 4.98 Å². The molecule has 14 heavy (non-hydrogen) atoms. The lowest BCUT2D eigenvalue weighted by Gasteiger charge is -2.07. The van der Waals surface area contributed by atoms with Gasteiger partial charge in [0.15, 0.2) is 5.69 Å². The number of nitrogens with zero attached hydrogens (tertiary/aromatic N) is 2. The Labute approximate surface area is 93.3 Å². The summed E-state index contributed by atoms with van der Waals surface area (Å²) < 4.78 is 0. The van der Waals surface area contributed by atoms with Gasteiger partial charge in [0.2, 0.25) is 0 Å². The molecule has 74 valence electrons. The molecule has 0 saturated heterocycles. The predicted molar refractivity (Wildman–Crippen MR) is 59.6 cm³/mol. The predicted octanol–water partition coefficient (Wildman–Crippen LogP) is 3.50. The third-order valence-electron chi connectivity index (χ3n) is 1.82. The van der Waals surface area contributed by atoms with E-state index in [4.69, 9.17) is 16.9 Å². The summed E-state index contributed by atoms with van der Waals surface area (Å²) in [7, 11) is 0. The van der Waals surface area contributed by atoms with Crippen molar-refractivity contribution < 1.29 is 0 Å². The molecule has 0 fully saturated rings. The van der Waals surface area contributed by atoms with E-state index in [1.54, 1.807) is 17.8 Å². The Balaban J connectivity index is 2.86. The second kappa shape index (κ2) is 5.23. The highest BCUT2D eigenvalue weighted by Gasteiger charge is 2.06. The minimum Gasteiger partial charge on any atom is -0.229 e. The van der Waals surface area contributed by atoms with E-state index in [2.05, 4.69) is 18.8 Å². The van der Waals surface area contributed by atoms with Crippen LogP contribution in [0.5, 0.6) is 0 Å². The first-order valence-electron chi connectivity index (χ1n) is 4.40. The van der Waals surface area contributed by atoms with Crippen molar-refractivity contribution in [2.45, 2.75) is 30.5 Å². The fourth-order valence-electron chi connectivity index (χ4n) is 0.858. The number of pyridine rings is 1. The largest absolute Gasteiger partial charge is 0.229 e. The summed E-state index contributed by atoms with van der Waals surface area (Å²) in [5.41, 5.74) is 0.306. The first kappa shape index (κ1) is 11.4. The molecule has 1 aromatic heterocycles. The molecule has 4 heteroatoms. The molecule has 0 amide bonds. The zero-order valence-corrected chi connectivity index (χ0v) is 9.69. The Bertz CT molecular complexity index is 360. The Hall–Kier alpha value is -0.720. The summed E-state index contributed by atoms with van der Waals surface area (Å²) in [6.45, 7) is 4.26. The second-order valence-electron chi connectivity index (χ2n) is 2.93. The summed E-state index contributed by atoms with van der Waals surface area (Å²) in [4.78, 5) is 4.15. The van der Waals surface area contributed by atoms with E-state index in [-0.39, 0.29) is 0 Å². The minimum absolute atomic E-state index is 0.306. The zero-order chi connectivity index (χ0) is 10.6. The standard InChI is InChI=1S/C10H11ClN2S/c1-3-7(2)14-10-5-4-8(11)9(6-12)13-10/h4-5,7H,3H2,1-2H3. The minimum atomic E-state index is 0.306. The molecular weight excluding hydrogens is 216 g/mol. The van der Waals surface area contributed by atoms with Crippen molar-refractivity contribution in [2.75, 3.05) is 0 Å². The number of thioether (sulfide) groups is 1. The topological polar surface area (TPSA) is 36.7 Å². The monoisotopic (exact) mass is 226 g/mol. The lowest BCUT2D eigenvalue weighted by molar-refractivity contribution is 0.900. The number of rotatable bonds is 3. The maximum atomic E-state index is 8.73. The number of hydrogen-bond donors (Lipinski definition) is 0. The highest BCUT2D eigenvalue weighted by Crippen LogP contribution is 2.25. The van der Waals surface area contributed by atoms with E-state index in [0.29, 0.717) is 16.0 Å². The fourth-order valence-corrected chi connectivity index (χ4v) is 1.87. The van der Waals surface area contributed by atoms with E-state index in [9.17, 15) is 0 Å². The van der Waals surface area contributed by atoms with Crippen molar-refractivity contribution in [1.82, 2.24) is 4.98 Å². The van der Waals surface area contributed by atoms with Crippen LogP contribution in [0, 0.1) is 11.3 Å². The van der Waals surface area contributed by atoms with Gasteiger partial charge in [-0.05, 0) is 18.6 Å². The van der Waals surface area contributed by atoms with Gasteiger partial charge in [0.1, 0.15) is 6.07 Å². The van der Waals surface area contributed by atoms with Crippen LogP contribution in [0.1, 0.15) is 26.0 Å². The van der Waals surface area contributed by atoms with E-state index >= 15 is 0 Å². The lowest BCUT2D eigenvalue weighted by atomic mass is 10.4. The van der Waals surface area contributed by atoms with Gasteiger partial charge < -0.3 is 0 Å². The molecule has 1 heterocycles. The van der Waals surface area contributed by atoms with Crippen molar-refractivity contribution >= 4 is 23.4 Å². The second-order valence-corrected chi connectivity index (χ2v) is 4.79. The van der Waals surface area contributed by atoms with E-state index < -0.39 is 0 Å². The van der Waals surface area contributed by atoms with Gasteiger partial charge in [-0.15, -0.1) is 11.8 Å². The average Bonchev–Trinajstić information content (AvgIpc) is 2.20. The molecule has 0 saturated carbocycles. The quantitative estimate of drug-likeness (QED) is 0.741. The van der Waals surface area contributed by atoms with Crippen molar-refractivity contribution in [3.05, 3.63) is 22.8 Å². The molecule has 0 spiro atoms. The zero-order valence-electron chi connectivity index (χ0n) is 8.12. The molecule has 0 radical (unpaired) electrons. The summed E-state index contributed by atoms with van der Waals surface area (Å²) in [6.07, 6.45) is 1.08. The van der Waals surface area contributed by atoms with Crippen LogP contribution in [0.25, 0.3) is 0 Å². The molecule has 0 N–H and O–H groups in total. The Morgan fingerprint density at radius 2 is 2.36 bits per heavy atom. The van der Waals surface area contributed by atoms with E-state index in [0.717, 1.165) is 11.4 Å². The van der Waals surface area contributed by atoms with Gasteiger partial charge in [0, 0.05) is 5.25 Å². The van der Waals surface area contributed by atoms with Gasteiger partial charge in [0.25, 0.3) is 0 Å². The summed E-state index contributed by atoms with van der Waals surface area (Å²) in [5, 5.41) is 10.5. The number of hydrogen-bond acceptors (Lipinski definition) is 3. The smallest absolute Gasteiger partial charge is 0.160 e. The van der Waals surface area contributed by atoms with Crippen molar-refractivity contribution in [2.24, 2.45) is 0 Å². The van der Waals surface area contributed by atoms with Crippen LogP contribution in [0.4, 0.5) is 0 Å². The Morgan fingerprint density at radius 1 is 1.64 bits per heavy atom. The maximum absolute atomic E-state index is 8.73. The van der Waals surface area contributed by atoms with E-state index in [1.807, 2.05) is 12.1 Å². The molecule has 1 aromatic rings. The molecule has 0 aliphatic rings. The van der Waals surface area contributed by atoms with Crippen LogP contribution in [-0.4, -0.2) is 10.2 Å². The highest BCUT2D eigenvalue weighted by molar-refractivity contribution is 7.99. The highest BCUT2D eigenvalue weighted by atomic mass is 35.5. The Kier molecular flexibility index (Phi) is 4.24. The molecule has 0 aliphatic carbocycles. The third-order valence-corrected chi connectivity index (χ3v) is 3.33. The van der Waals surface area contributed by atoms with Crippen molar-refractivity contribution in [1.29, 1.82) is 5.26 Å². The normalized spacial score (nSPS) is 12.1. The lowest BCUT2D eigenvalue weighted by Crippen LogP contribution is -1.95. The van der Waals surface area contributed by atoms with Crippen molar-refractivity contribution in [3.8, 4) is 6.07 Å². The number of halogens is 1. The number of aromatic nitrogens is 1. The molecule has 0 aliphatic heterocycles. The average molecular weight is 227 g/mol. The van der Waals surface area contributed by atoms with Crippen LogP contribution in [-0.2, 0) is 0 Å². The molecule has 1 atom stereocenters. The van der Waals surface area contributed by atoms with Crippen LogP contribution in [0.2, 0.25) is 5.02 Å². The SMILES string of the molecule is CCC(C)Sc1ccc(Cl)c(C#N)n1. The summed E-state index contributed by atoms with van der Waals surface area (Å²) >= 11 is 7.43. The van der Waals surface area contributed by atoms with Crippen LogP contribution in [0.3, 0.4) is 0 Å². The third kappa shape index (κ3) is 2.90. The van der Waals surface area contributed by atoms with Crippen LogP contribution >= 0.6 is 23.4 Å². The van der Waals surface area contributed by atoms with Gasteiger partial charge in [-0.2, -0.15) is 5.26 Å². The molecular formula is C10H11ClN2S. The molecule has 1 rings (SSSR count). The van der Waals surface area contributed by atoms with Gasteiger partial charge in [-0.3, -0.25) is 0 Å². The fraction of sp³-hybridized carbons (Fsp3) is 0.400. The Morgan fingerprint density at radius 3 is 2.93 bits per heavy atom. The molecule has 1 unspecified atom stereocenters. The van der Waals surface area contributed by atoms with Crippen LogP contribution in [0.15, 0.2) is 17.2 Å². The summed E-state index contributed by atoms with van der Waals surface area (Å²) in [5.74, 6) is 0.